The number of benzene rings is 1. The van der Waals surface area contributed by atoms with E-state index < -0.39 is 10.0 Å². The van der Waals surface area contributed by atoms with E-state index in [0.29, 0.717) is 11.4 Å². The molecule has 1 heterocycles. The van der Waals surface area contributed by atoms with Crippen LogP contribution in [-0.4, -0.2) is 39.0 Å². The number of rotatable bonds is 4. The highest BCUT2D eigenvalue weighted by Gasteiger charge is 2.27. The van der Waals surface area contributed by atoms with E-state index in [9.17, 15) is 8.42 Å². The van der Waals surface area contributed by atoms with Gasteiger partial charge in [-0.3, -0.25) is 0 Å². The van der Waals surface area contributed by atoms with Crippen LogP contribution in [0.5, 0.6) is 0 Å². The lowest BCUT2D eigenvalue weighted by Gasteiger charge is -2.21. The molecule has 1 atom stereocenters. The largest absolute Gasteiger partial charge is 0.377 e. The Morgan fingerprint density at radius 1 is 1.37 bits per heavy atom. The average Bonchev–Trinajstić information content (AvgIpc) is 2.85. The number of nitrogens with zero attached hydrogens (tertiary/aromatic N) is 1. The summed E-state index contributed by atoms with van der Waals surface area (Å²) in [5.74, 6) is 0. The maximum absolute atomic E-state index is 12.6. The van der Waals surface area contributed by atoms with Gasteiger partial charge in [-0.05, 0) is 43.9 Å². The zero-order valence-electron chi connectivity index (χ0n) is 11.7. The number of aryl methyl sites for hydroxylation is 2. The molecule has 1 aromatic carbocycles. The SMILES string of the molecule is Cc1ccc(C)c(S(=O)(=O)N(C)CC2CCCO2)c1. The van der Waals surface area contributed by atoms with Crippen LogP contribution in [0.2, 0.25) is 0 Å². The van der Waals surface area contributed by atoms with Crippen LogP contribution in [-0.2, 0) is 14.8 Å². The molecule has 0 aromatic heterocycles. The Hall–Kier alpha value is -0.910. The lowest BCUT2D eigenvalue weighted by molar-refractivity contribution is 0.0979. The highest BCUT2D eigenvalue weighted by Crippen LogP contribution is 2.22. The summed E-state index contributed by atoms with van der Waals surface area (Å²) in [5.41, 5.74) is 1.74. The van der Waals surface area contributed by atoms with Crippen molar-refractivity contribution in [3.05, 3.63) is 29.3 Å². The molecule has 2 rings (SSSR count). The highest BCUT2D eigenvalue weighted by atomic mass is 32.2. The minimum absolute atomic E-state index is 0.0323. The zero-order valence-corrected chi connectivity index (χ0v) is 12.5. The standard InChI is InChI=1S/C14H21NO3S/c1-11-6-7-12(2)14(9-11)19(16,17)15(3)10-13-5-4-8-18-13/h6-7,9,13H,4-5,8,10H2,1-3H3. The van der Waals surface area contributed by atoms with Gasteiger partial charge in [0.25, 0.3) is 0 Å². The molecule has 1 aliphatic rings. The Labute approximate surface area is 115 Å². The minimum Gasteiger partial charge on any atom is -0.377 e. The van der Waals surface area contributed by atoms with Crippen LogP contribution in [0.1, 0.15) is 24.0 Å². The Bertz CT molecular complexity index is 548. The lowest BCUT2D eigenvalue weighted by atomic mass is 10.2. The molecule has 0 amide bonds. The summed E-state index contributed by atoms with van der Waals surface area (Å²) >= 11 is 0. The molecule has 4 nitrogen and oxygen atoms in total. The quantitative estimate of drug-likeness (QED) is 0.850. The van der Waals surface area contributed by atoms with Crippen molar-refractivity contribution >= 4 is 10.0 Å². The summed E-state index contributed by atoms with van der Waals surface area (Å²) < 4.78 is 32.0. The normalized spacial score (nSPS) is 20.1. The average molecular weight is 283 g/mol. The third kappa shape index (κ3) is 3.16. The van der Waals surface area contributed by atoms with Gasteiger partial charge in [-0.15, -0.1) is 0 Å². The predicted molar refractivity (Wildman–Crippen MR) is 74.7 cm³/mol. The molecule has 0 bridgehead atoms. The molecule has 1 fully saturated rings. The van der Waals surface area contributed by atoms with E-state index in [0.717, 1.165) is 30.6 Å². The van der Waals surface area contributed by atoms with E-state index >= 15 is 0 Å². The molecular formula is C14H21NO3S. The van der Waals surface area contributed by atoms with Gasteiger partial charge in [-0.2, -0.15) is 4.31 Å². The van der Waals surface area contributed by atoms with Gasteiger partial charge in [0.15, 0.2) is 0 Å². The van der Waals surface area contributed by atoms with Crippen molar-refractivity contribution in [2.24, 2.45) is 0 Å². The molecule has 0 aliphatic carbocycles. The van der Waals surface area contributed by atoms with Crippen LogP contribution in [0.3, 0.4) is 0 Å². The van der Waals surface area contributed by atoms with Crippen LogP contribution in [0.4, 0.5) is 0 Å². The first kappa shape index (κ1) is 14.5. The van der Waals surface area contributed by atoms with Crippen molar-refractivity contribution in [3.8, 4) is 0 Å². The van der Waals surface area contributed by atoms with Crippen LogP contribution in [0.15, 0.2) is 23.1 Å². The Balaban J connectivity index is 2.22. The van der Waals surface area contributed by atoms with Gasteiger partial charge in [0.05, 0.1) is 11.0 Å². The lowest BCUT2D eigenvalue weighted by Crippen LogP contribution is -2.34. The Morgan fingerprint density at radius 3 is 2.74 bits per heavy atom. The smallest absolute Gasteiger partial charge is 0.243 e. The summed E-state index contributed by atoms with van der Waals surface area (Å²) in [6.45, 7) is 4.89. The second-order valence-corrected chi connectivity index (χ2v) is 7.20. The molecule has 0 N–H and O–H groups in total. The molecular weight excluding hydrogens is 262 g/mol. The van der Waals surface area contributed by atoms with Crippen molar-refractivity contribution in [2.45, 2.75) is 37.7 Å². The van der Waals surface area contributed by atoms with Gasteiger partial charge in [-0.1, -0.05) is 12.1 Å². The third-order valence-corrected chi connectivity index (χ3v) is 5.48. The molecule has 19 heavy (non-hydrogen) atoms. The fourth-order valence-electron chi connectivity index (χ4n) is 2.33. The number of likely N-dealkylation sites (N-methyl/N-ethyl adjacent to an activating group) is 1. The van der Waals surface area contributed by atoms with Crippen LogP contribution in [0.25, 0.3) is 0 Å². The summed E-state index contributed by atoms with van der Waals surface area (Å²) in [6.07, 6.45) is 1.99. The van der Waals surface area contributed by atoms with Crippen molar-refractivity contribution in [1.82, 2.24) is 4.31 Å². The second kappa shape index (κ2) is 5.61. The molecule has 0 spiro atoms. The maximum atomic E-state index is 12.6. The Kier molecular flexibility index (Phi) is 4.28. The summed E-state index contributed by atoms with van der Waals surface area (Å²) in [7, 11) is -1.80. The van der Waals surface area contributed by atoms with Gasteiger partial charge in [0.1, 0.15) is 0 Å². The molecule has 1 saturated heterocycles. The maximum Gasteiger partial charge on any atom is 0.243 e. The Morgan fingerprint density at radius 2 is 2.11 bits per heavy atom. The molecule has 1 aromatic rings. The van der Waals surface area contributed by atoms with E-state index in [4.69, 9.17) is 4.74 Å². The van der Waals surface area contributed by atoms with Crippen molar-refractivity contribution < 1.29 is 13.2 Å². The summed E-state index contributed by atoms with van der Waals surface area (Å²) in [4.78, 5) is 0.396. The number of ether oxygens (including phenoxy) is 1. The topological polar surface area (TPSA) is 46.6 Å². The minimum atomic E-state index is -3.43. The molecule has 0 saturated carbocycles. The van der Waals surface area contributed by atoms with Crippen molar-refractivity contribution in [3.63, 3.8) is 0 Å². The summed E-state index contributed by atoms with van der Waals surface area (Å²) in [5, 5.41) is 0. The van der Waals surface area contributed by atoms with Gasteiger partial charge < -0.3 is 4.74 Å². The third-order valence-electron chi connectivity index (χ3n) is 3.52. The van der Waals surface area contributed by atoms with E-state index in [1.165, 1.54) is 4.31 Å². The van der Waals surface area contributed by atoms with Gasteiger partial charge in [-0.25, -0.2) is 8.42 Å². The van der Waals surface area contributed by atoms with Crippen molar-refractivity contribution in [2.75, 3.05) is 20.2 Å². The monoisotopic (exact) mass is 283 g/mol. The van der Waals surface area contributed by atoms with E-state index in [2.05, 4.69) is 0 Å². The van der Waals surface area contributed by atoms with E-state index in [1.807, 2.05) is 26.0 Å². The van der Waals surface area contributed by atoms with Crippen LogP contribution in [0, 0.1) is 13.8 Å². The van der Waals surface area contributed by atoms with Gasteiger partial charge in [0.2, 0.25) is 10.0 Å². The fourth-order valence-corrected chi connectivity index (χ4v) is 3.83. The highest BCUT2D eigenvalue weighted by molar-refractivity contribution is 7.89. The predicted octanol–water partition coefficient (Wildman–Crippen LogP) is 2.10. The molecule has 0 radical (unpaired) electrons. The first-order valence-corrected chi connectivity index (χ1v) is 8.00. The zero-order chi connectivity index (χ0) is 14.0. The summed E-state index contributed by atoms with van der Waals surface area (Å²) in [6, 6.07) is 5.51. The van der Waals surface area contributed by atoms with E-state index in [1.54, 1.807) is 13.1 Å². The number of hydrogen-bond donors (Lipinski definition) is 0. The van der Waals surface area contributed by atoms with Crippen molar-refractivity contribution in [1.29, 1.82) is 0 Å². The molecule has 1 aliphatic heterocycles. The van der Waals surface area contributed by atoms with Crippen LogP contribution < -0.4 is 0 Å². The number of hydrogen-bond acceptors (Lipinski definition) is 3. The molecule has 5 heteroatoms. The molecule has 1 unspecified atom stereocenters. The first-order chi connectivity index (χ1) is 8.91. The first-order valence-electron chi connectivity index (χ1n) is 6.56. The molecule has 106 valence electrons. The van der Waals surface area contributed by atoms with E-state index in [-0.39, 0.29) is 6.10 Å². The second-order valence-electron chi connectivity index (χ2n) is 5.19. The number of sulfonamides is 1. The van der Waals surface area contributed by atoms with Gasteiger partial charge in [0, 0.05) is 20.2 Å². The van der Waals surface area contributed by atoms with Crippen LogP contribution >= 0.6 is 0 Å². The van der Waals surface area contributed by atoms with Gasteiger partial charge >= 0.3 is 0 Å². The fraction of sp³-hybridized carbons (Fsp3) is 0.571.